The van der Waals surface area contributed by atoms with Gasteiger partial charge in [0, 0.05) is 17.7 Å². The third-order valence-corrected chi connectivity index (χ3v) is 5.72. The number of fused-ring (bicyclic) bond motifs is 1. The lowest BCUT2D eigenvalue weighted by molar-refractivity contribution is 0.102. The van der Waals surface area contributed by atoms with E-state index in [0.29, 0.717) is 50.8 Å². The Balaban J connectivity index is 1.73. The van der Waals surface area contributed by atoms with Crippen molar-refractivity contribution < 1.29 is 23.7 Å². The molecule has 35 heavy (non-hydrogen) atoms. The summed E-state index contributed by atoms with van der Waals surface area (Å²) >= 11 is 5.47. The highest BCUT2D eigenvalue weighted by atomic mass is 32.1. The summed E-state index contributed by atoms with van der Waals surface area (Å²) in [6.45, 7) is 0. The van der Waals surface area contributed by atoms with E-state index in [1.807, 2.05) is 0 Å². The van der Waals surface area contributed by atoms with Crippen LogP contribution in [-0.4, -0.2) is 43.9 Å². The minimum absolute atomic E-state index is 0.168. The van der Waals surface area contributed by atoms with Crippen LogP contribution in [0.1, 0.15) is 10.4 Å². The first kappa shape index (κ1) is 23.8. The van der Waals surface area contributed by atoms with Gasteiger partial charge in [-0.05, 0) is 54.7 Å². The fraction of sp³-hybridized carbons (Fsp3) is 0.160. The van der Waals surface area contributed by atoms with Crippen LogP contribution in [0.15, 0.2) is 59.4 Å². The maximum absolute atomic E-state index is 13.3. The van der Waals surface area contributed by atoms with E-state index < -0.39 is 0 Å². The lowest BCUT2D eigenvalue weighted by Gasteiger charge is -2.13. The van der Waals surface area contributed by atoms with Crippen molar-refractivity contribution in [3.05, 3.63) is 75.3 Å². The second-order valence-electron chi connectivity index (χ2n) is 7.39. The van der Waals surface area contributed by atoms with Crippen LogP contribution >= 0.6 is 12.2 Å². The molecule has 1 heterocycles. The van der Waals surface area contributed by atoms with Crippen molar-refractivity contribution in [2.24, 2.45) is 0 Å². The second-order valence-corrected chi connectivity index (χ2v) is 7.78. The number of hydrogen-bond acceptors (Lipinski definition) is 7. The van der Waals surface area contributed by atoms with Crippen LogP contribution in [0.4, 0.5) is 5.69 Å². The summed E-state index contributed by atoms with van der Waals surface area (Å²) < 4.78 is 22.7. The fourth-order valence-corrected chi connectivity index (χ4v) is 3.96. The maximum Gasteiger partial charge on any atom is 0.266 e. The molecule has 3 aromatic carbocycles. The van der Waals surface area contributed by atoms with E-state index in [0.717, 1.165) is 0 Å². The molecule has 4 rings (SSSR count). The van der Waals surface area contributed by atoms with E-state index in [1.165, 1.54) is 33.0 Å². The van der Waals surface area contributed by atoms with Gasteiger partial charge in [0.05, 0.1) is 50.7 Å². The number of rotatable bonds is 7. The van der Waals surface area contributed by atoms with Gasteiger partial charge in [0.15, 0.2) is 16.3 Å². The zero-order valence-electron chi connectivity index (χ0n) is 19.5. The highest BCUT2D eigenvalue weighted by Crippen LogP contribution is 2.30. The lowest BCUT2D eigenvalue weighted by Crippen LogP contribution is -2.21. The first-order valence-electron chi connectivity index (χ1n) is 10.4. The Labute approximate surface area is 205 Å². The average molecular weight is 494 g/mol. The Kier molecular flexibility index (Phi) is 6.74. The number of methoxy groups -OCH3 is 4. The number of H-pyrrole nitrogens is 1. The van der Waals surface area contributed by atoms with Crippen LogP contribution < -0.4 is 29.8 Å². The zero-order valence-corrected chi connectivity index (χ0v) is 20.3. The van der Waals surface area contributed by atoms with Crippen molar-refractivity contribution in [1.82, 2.24) is 9.55 Å². The molecule has 9 nitrogen and oxygen atoms in total. The molecule has 10 heteroatoms. The van der Waals surface area contributed by atoms with Gasteiger partial charge in [0.25, 0.3) is 11.5 Å². The van der Waals surface area contributed by atoms with Crippen molar-refractivity contribution in [2.75, 3.05) is 33.8 Å². The molecule has 0 aliphatic carbocycles. The van der Waals surface area contributed by atoms with Crippen LogP contribution in [0.3, 0.4) is 0 Å². The second kappa shape index (κ2) is 9.90. The molecule has 0 atom stereocenters. The normalized spacial score (nSPS) is 10.6. The monoisotopic (exact) mass is 493 g/mol. The maximum atomic E-state index is 13.3. The van der Waals surface area contributed by atoms with Gasteiger partial charge < -0.3 is 29.2 Å². The predicted octanol–water partition coefficient (Wildman–Crippen LogP) is 4.33. The largest absolute Gasteiger partial charge is 0.497 e. The van der Waals surface area contributed by atoms with E-state index in [1.54, 1.807) is 54.6 Å². The summed E-state index contributed by atoms with van der Waals surface area (Å²) in [6, 6.07) is 14.9. The molecule has 0 saturated carbocycles. The summed E-state index contributed by atoms with van der Waals surface area (Å²) in [5.41, 5.74) is 1.40. The summed E-state index contributed by atoms with van der Waals surface area (Å²) in [7, 11) is 6.09. The molecule has 0 aliphatic heterocycles. The Morgan fingerprint density at radius 3 is 2.26 bits per heavy atom. The molecule has 1 amide bonds. The molecule has 1 aromatic heterocycles. The molecule has 0 aliphatic rings. The topological polar surface area (TPSA) is 104 Å². The van der Waals surface area contributed by atoms with Crippen LogP contribution in [-0.2, 0) is 0 Å². The average Bonchev–Trinajstić information content (AvgIpc) is 2.88. The number of aromatic nitrogens is 2. The number of amides is 1. The van der Waals surface area contributed by atoms with Crippen LogP contribution in [0.2, 0.25) is 0 Å². The number of benzene rings is 3. The molecular formula is C25H23N3O6S. The van der Waals surface area contributed by atoms with E-state index in [4.69, 9.17) is 31.2 Å². The van der Waals surface area contributed by atoms with Crippen molar-refractivity contribution in [3.8, 4) is 28.7 Å². The number of hydrogen-bond donors (Lipinski definition) is 2. The highest BCUT2D eigenvalue weighted by molar-refractivity contribution is 7.71. The standard InChI is InChI=1S/C25H23N3O6S/c1-31-16-7-10-20(32-2)19(13-16)26-23(29)14-5-8-17-18(11-14)27-25(35)28(24(17)30)15-6-9-21(33-3)22(12-15)34-4/h5-13H,1-4H3,(H,26,29)(H,27,35). The van der Waals surface area contributed by atoms with Gasteiger partial charge in [-0.15, -0.1) is 0 Å². The SMILES string of the molecule is COc1ccc(OC)c(NC(=O)c2ccc3c(=O)n(-c4ccc(OC)c(OC)c4)c(=S)[nH]c3c2)c1. The van der Waals surface area contributed by atoms with Crippen LogP contribution in [0, 0.1) is 4.77 Å². The fourth-order valence-electron chi connectivity index (χ4n) is 3.66. The van der Waals surface area contributed by atoms with E-state index >= 15 is 0 Å². The van der Waals surface area contributed by atoms with Gasteiger partial charge in [-0.3, -0.25) is 14.2 Å². The van der Waals surface area contributed by atoms with Crippen LogP contribution in [0.25, 0.3) is 16.6 Å². The minimum Gasteiger partial charge on any atom is -0.497 e. The summed E-state index contributed by atoms with van der Waals surface area (Å²) in [5, 5.41) is 3.18. The molecule has 0 bridgehead atoms. The predicted molar refractivity (Wildman–Crippen MR) is 135 cm³/mol. The van der Waals surface area contributed by atoms with Crippen molar-refractivity contribution in [3.63, 3.8) is 0 Å². The number of anilines is 1. The number of aromatic amines is 1. The molecular weight excluding hydrogens is 470 g/mol. The number of nitrogens with one attached hydrogen (secondary N) is 2. The quantitative estimate of drug-likeness (QED) is 0.369. The Morgan fingerprint density at radius 1 is 0.857 bits per heavy atom. The summed E-state index contributed by atoms with van der Waals surface area (Å²) in [5.74, 6) is 1.66. The Hall–Kier alpha value is -4.31. The molecule has 0 saturated heterocycles. The summed E-state index contributed by atoms with van der Waals surface area (Å²) in [4.78, 5) is 29.3. The molecule has 2 N–H and O–H groups in total. The Morgan fingerprint density at radius 2 is 1.57 bits per heavy atom. The first-order chi connectivity index (χ1) is 16.9. The number of carbonyl (C=O) groups excluding carboxylic acids is 1. The molecule has 0 unspecified atom stereocenters. The number of ether oxygens (including phenoxy) is 4. The van der Waals surface area contributed by atoms with Crippen LogP contribution in [0.5, 0.6) is 23.0 Å². The van der Waals surface area contributed by atoms with Gasteiger partial charge in [-0.25, -0.2) is 0 Å². The third kappa shape index (κ3) is 4.56. The third-order valence-electron chi connectivity index (χ3n) is 5.44. The molecule has 0 radical (unpaired) electrons. The van der Waals surface area contributed by atoms with Crippen molar-refractivity contribution in [2.45, 2.75) is 0 Å². The molecule has 0 fully saturated rings. The zero-order chi connectivity index (χ0) is 25.1. The van der Waals surface area contributed by atoms with Gasteiger partial charge >= 0.3 is 0 Å². The van der Waals surface area contributed by atoms with E-state index in [2.05, 4.69) is 10.3 Å². The van der Waals surface area contributed by atoms with E-state index in [-0.39, 0.29) is 16.2 Å². The smallest absolute Gasteiger partial charge is 0.266 e. The van der Waals surface area contributed by atoms with E-state index in [9.17, 15) is 9.59 Å². The first-order valence-corrected chi connectivity index (χ1v) is 10.9. The Bertz CT molecular complexity index is 1540. The summed E-state index contributed by atoms with van der Waals surface area (Å²) in [6.07, 6.45) is 0. The van der Waals surface area contributed by atoms with Gasteiger partial charge in [-0.1, -0.05) is 0 Å². The van der Waals surface area contributed by atoms with Crippen molar-refractivity contribution >= 4 is 34.7 Å². The molecule has 4 aromatic rings. The number of nitrogens with zero attached hydrogens (tertiary/aromatic N) is 1. The van der Waals surface area contributed by atoms with Gasteiger partial charge in [-0.2, -0.15) is 0 Å². The molecule has 180 valence electrons. The molecule has 0 spiro atoms. The highest BCUT2D eigenvalue weighted by Gasteiger charge is 2.15. The number of carbonyl (C=O) groups is 1. The van der Waals surface area contributed by atoms with Gasteiger partial charge in [0.1, 0.15) is 11.5 Å². The van der Waals surface area contributed by atoms with Crippen molar-refractivity contribution in [1.29, 1.82) is 0 Å². The van der Waals surface area contributed by atoms with Gasteiger partial charge in [0.2, 0.25) is 0 Å². The minimum atomic E-state index is -0.387. The lowest BCUT2D eigenvalue weighted by atomic mass is 10.1.